The number of aryl methyl sites for hydroxylation is 1. The first-order chi connectivity index (χ1) is 8.08. The number of anilines is 1. The fourth-order valence-corrected chi connectivity index (χ4v) is 1.66. The summed E-state index contributed by atoms with van der Waals surface area (Å²) < 4.78 is 5.52. The largest absolute Gasteiger partial charge is 0.435 e. The van der Waals surface area contributed by atoms with Crippen LogP contribution in [0.25, 0.3) is 0 Å². The summed E-state index contributed by atoms with van der Waals surface area (Å²) in [6.07, 6.45) is 1.67. The molecule has 0 unspecified atom stereocenters. The number of rotatable bonds is 2. The maximum atomic E-state index is 6.00. The standard InChI is InChI=1S/C12H10Cl2N2O/c1-7-5-9(15)12(16-6-7)17-10-4-2-3-8(13)11(10)14/h2-6H,15H2,1H3. The van der Waals surface area contributed by atoms with Crippen molar-refractivity contribution < 1.29 is 4.74 Å². The highest BCUT2D eigenvalue weighted by atomic mass is 35.5. The van der Waals surface area contributed by atoms with Crippen LogP contribution in [0.4, 0.5) is 5.69 Å². The van der Waals surface area contributed by atoms with Crippen molar-refractivity contribution in [1.29, 1.82) is 0 Å². The van der Waals surface area contributed by atoms with E-state index >= 15 is 0 Å². The lowest BCUT2D eigenvalue weighted by atomic mass is 10.3. The predicted molar refractivity (Wildman–Crippen MR) is 69.9 cm³/mol. The zero-order valence-electron chi connectivity index (χ0n) is 9.08. The van der Waals surface area contributed by atoms with E-state index in [9.17, 15) is 0 Å². The zero-order chi connectivity index (χ0) is 12.4. The molecular weight excluding hydrogens is 259 g/mol. The normalized spacial score (nSPS) is 10.3. The minimum absolute atomic E-state index is 0.319. The van der Waals surface area contributed by atoms with Gasteiger partial charge < -0.3 is 10.5 Å². The van der Waals surface area contributed by atoms with Crippen molar-refractivity contribution in [3.05, 3.63) is 46.1 Å². The number of nitrogens with two attached hydrogens (primary N) is 1. The van der Waals surface area contributed by atoms with Crippen LogP contribution >= 0.6 is 23.2 Å². The van der Waals surface area contributed by atoms with Crippen LogP contribution in [0, 0.1) is 6.92 Å². The Morgan fingerprint density at radius 2 is 2.06 bits per heavy atom. The topological polar surface area (TPSA) is 48.1 Å². The summed E-state index contributed by atoms with van der Waals surface area (Å²) in [5, 5.41) is 0.769. The maximum Gasteiger partial charge on any atom is 0.242 e. The summed E-state index contributed by atoms with van der Waals surface area (Å²) in [4.78, 5) is 4.09. The number of benzene rings is 1. The molecule has 0 aliphatic carbocycles. The highest BCUT2D eigenvalue weighted by Crippen LogP contribution is 2.35. The molecule has 0 spiro atoms. The first kappa shape index (κ1) is 12.0. The first-order valence-electron chi connectivity index (χ1n) is 4.92. The lowest BCUT2D eigenvalue weighted by Gasteiger charge is -2.09. The number of pyridine rings is 1. The molecular formula is C12H10Cl2N2O. The Morgan fingerprint density at radius 3 is 2.76 bits per heavy atom. The average Bonchev–Trinajstić information content (AvgIpc) is 2.28. The van der Waals surface area contributed by atoms with Gasteiger partial charge in [-0.05, 0) is 30.7 Å². The molecule has 0 atom stereocenters. The molecule has 0 saturated carbocycles. The van der Waals surface area contributed by atoms with Crippen LogP contribution in [-0.2, 0) is 0 Å². The van der Waals surface area contributed by atoms with Gasteiger partial charge in [0.15, 0.2) is 0 Å². The average molecular weight is 269 g/mol. The Kier molecular flexibility index (Phi) is 3.41. The first-order valence-corrected chi connectivity index (χ1v) is 5.67. The Bertz CT molecular complexity index is 558. The van der Waals surface area contributed by atoms with Gasteiger partial charge in [-0.1, -0.05) is 29.3 Å². The number of halogens is 2. The van der Waals surface area contributed by atoms with Gasteiger partial charge in [-0.25, -0.2) is 4.98 Å². The van der Waals surface area contributed by atoms with Gasteiger partial charge in [-0.15, -0.1) is 0 Å². The number of aromatic nitrogens is 1. The third-order valence-electron chi connectivity index (χ3n) is 2.14. The smallest absolute Gasteiger partial charge is 0.242 e. The van der Waals surface area contributed by atoms with Crippen LogP contribution in [0.5, 0.6) is 11.6 Å². The van der Waals surface area contributed by atoms with E-state index in [0.717, 1.165) is 5.56 Å². The van der Waals surface area contributed by atoms with E-state index in [1.807, 2.05) is 6.92 Å². The fourth-order valence-electron chi connectivity index (χ4n) is 1.33. The van der Waals surface area contributed by atoms with Gasteiger partial charge in [0, 0.05) is 6.20 Å². The van der Waals surface area contributed by atoms with Crippen molar-refractivity contribution in [1.82, 2.24) is 4.98 Å². The molecule has 5 heteroatoms. The zero-order valence-corrected chi connectivity index (χ0v) is 10.6. The summed E-state index contributed by atoms with van der Waals surface area (Å²) in [6.45, 7) is 1.90. The van der Waals surface area contributed by atoms with Gasteiger partial charge in [0.05, 0.1) is 10.7 Å². The monoisotopic (exact) mass is 268 g/mol. The molecule has 17 heavy (non-hydrogen) atoms. The molecule has 0 aliphatic heterocycles. The maximum absolute atomic E-state index is 6.00. The molecule has 3 nitrogen and oxygen atoms in total. The lowest BCUT2D eigenvalue weighted by molar-refractivity contribution is 0.465. The second kappa shape index (κ2) is 4.82. The van der Waals surface area contributed by atoms with E-state index in [4.69, 9.17) is 33.7 Å². The molecule has 0 saturated heterocycles. The summed E-state index contributed by atoms with van der Waals surface area (Å²) >= 11 is 11.9. The third-order valence-corrected chi connectivity index (χ3v) is 2.94. The molecule has 0 fully saturated rings. The van der Waals surface area contributed by atoms with Crippen molar-refractivity contribution >= 4 is 28.9 Å². The van der Waals surface area contributed by atoms with Gasteiger partial charge in [-0.2, -0.15) is 0 Å². The van der Waals surface area contributed by atoms with Crippen LogP contribution in [0.2, 0.25) is 10.0 Å². The van der Waals surface area contributed by atoms with E-state index in [1.54, 1.807) is 30.5 Å². The van der Waals surface area contributed by atoms with Gasteiger partial charge in [0.1, 0.15) is 10.8 Å². The van der Waals surface area contributed by atoms with Crippen LogP contribution < -0.4 is 10.5 Å². The van der Waals surface area contributed by atoms with Crippen molar-refractivity contribution in [2.24, 2.45) is 0 Å². The Hall–Kier alpha value is -1.45. The molecule has 1 aromatic heterocycles. The van der Waals surface area contributed by atoms with Gasteiger partial charge in [0.2, 0.25) is 5.88 Å². The summed E-state index contributed by atoms with van der Waals surface area (Å²) in [6, 6.07) is 6.91. The van der Waals surface area contributed by atoms with Crippen LogP contribution in [0.15, 0.2) is 30.5 Å². The van der Waals surface area contributed by atoms with E-state index < -0.39 is 0 Å². The van der Waals surface area contributed by atoms with Gasteiger partial charge in [-0.3, -0.25) is 0 Å². The third kappa shape index (κ3) is 2.62. The predicted octanol–water partition coefficient (Wildman–Crippen LogP) is 4.07. The number of nitrogens with zero attached hydrogens (tertiary/aromatic N) is 1. The lowest BCUT2D eigenvalue weighted by Crippen LogP contribution is -1.96. The van der Waals surface area contributed by atoms with Crippen molar-refractivity contribution in [3.63, 3.8) is 0 Å². The summed E-state index contributed by atoms with van der Waals surface area (Å²) in [5.74, 6) is 0.752. The molecule has 0 radical (unpaired) electrons. The molecule has 1 heterocycles. The Morgan fingerprint density at radius 1 is 1.29 bits per heavy atom. The minimum Gasteiger partial charge on any atom is -0.435 e. The summed E-state index contributed by atoms with van der Waals surface area (Å²) in [7, 11) is 0. The van der Waals surface area contributed by atoms with Gasteiger partial charge in [0.25, 0.3) is 0 Å². The molecule has 2 rings (SSSR count). The molecule has 2 N–H and O–H groups in total. The van der Waals surface area contributed by atoms with Crippen molar-refractivity contribution in [3.8, 4) is 11.6 Å². The highest BCUT2D eigenvalue weighted by Gasteiger charge is 2.09. The molecule has 2 aromatic rings. The molecule has 0 bridgehead atoms. The summed E-state index contributed by atoms with van der Waals surface area (Å²) in [5.41, 5.74) is 7.22. The number of hydrogen-bond donors (Lipinski definition) is 1. The quantitative estimate of drug-likeness (QED) is 0.893. The molecule has 0 amide bonds. The van der Waals surface area contributed by atoms with Gasteiger partial charge >= 0.3 is 0 Å². The minimum atomic E-state index is 0.319. The second-order valence-corrected chi connectivity index (χ2v) is 4.35. The van der Waals surface area contributed by atoms with Crippen LogP contribution in [0.3, 0.4) is 0 Å². The number of hydrogen-bond acceptors (Lipinski definition) is 3. The Labute approximate surface area is 109 Å². The number of nitrogen functional groups attached to an aromatic ring is 1. The van der Waals surface area contributed by atoms with E-state index in [-0.39, 0.29) is 0 Å². The van der Waals surface area contributed by atoms with E-state index in [2.05, 4.69) is 4.98 Å². The SMILES string of the molecule is Cc1cnc(Oc2cccc(Cl)c2Cl)c(N)c1. The number of ether oxygens (including phenoxy) is 1. The molecule has 88 valence electrons. The van der Waals surface area contributed by atoms with Crippen LogP contribution in [-0.4, -0.2) is 4.98 Å². The fraction of sp³-hybridized carbons (Fsp3) is 0.0833. The van der Waals surface area contributed by atoms with Crippen molar-refractivity contribution in [2.75, 3.05) is 5.73 Å². The highest BCUT2D eigenvalue weighted by molar-refractivity contribution is 6.42. The van der Waals surface area contributed by atoms with Crippen LogP contribution in [0.1, 0.15) is 5.56 Å². The van der Waals surface area contributed by atoms with Crippen molar-refractivity contribution in [2.45, 2.75) is 6.92 Å². The second-order valence-electron chi connectivity index (χ2n) is 3.56. The van der Waals surface area contributed by atoms with E-state index in [1.165, 1.54) is 0 Å². The van der Waals surface area contributed by atoms with E-state index in [0.29, 0.717) is 27.4 Å². The molecule has 0 aliphatic rings. The Balaban J connectivity index is 2.35. The molecule has 1 aromatic carbocycles.